The zero-order valence-electron chi connectivity index (χ0n) is 35.0. The molecule has 2 aromatic carbocycles. The minimum atomic E-state index is -4.65. The number of halogens is 2. The van der Waals surface area contributed by atoms with Gasteiger partial charge in [-0.2, -0.15) is 15.6 Å². The number of hydrogen-bond acceptors (Lipinski definition) is 13. The van der Waals surface area contributed by atoms with E-state index >= 15 is 0 Å². The first-order valence-electron chi connectivity index (χ1n) is 21.1. The summed E-state index contributed by atoms with van der Waals surface area (Å²) < 4.78 is 74.1. The van der Waals surface area contributed by atoms with Gasteiger partial charge in [-0.25, -0.2) is 18.5 Å². The van der Waals surface area contributed by atoms with Crippen LogP contribution in [0.5, 0.6) is 5.75 Å². The van der Waals surface area contributed by atoms with Gasteiger partial charge in [0.2, 0.25) is 5.60 Å². The number of unbranched alkanes of at least 4 members (excludes halogenated alkanes) is 10. The third-order valence-electron chi connectivity index (χ3n) is 10.8. The molecule has 6 rings (SSSR count). The average Bonchev–Trinajstić information content (AvgIpc) is 3.91. The summed E-state index contributed by atoms with van der Waals surface area (Å²) >= 11 is 6.46. The van der Waals surface area contributed by atoms with Crippen LogP contribution in [-0.4, -0.2) is 57.5 Å². The number of nitrogen functional groups attached to an aromatic ring is 1. The number of benzene rings is 2. The fourth-order valence-corrected chi connectivity index (χ4v) is 9.24. The molecule has 17 heteroatoms. The molecular formula is C44H55ClFN6O8P. The highest BCUT2D eigenvalue weighted by atomic mass is 35.5. The number of nitrogens with two attached hydrogens (primary N) is 1. The fraction of sp³-hybridized carbons (Fsp3) is 0.545. The lowest BCUT2D eigenvalue weighted by Gasteiger charge is -2.30. The Morgan fingerprint density at radius 2 is 1.69 bits per heavy atom. The van der Waals surface area contributed by atoms with Crippen molar-refractivity contribution in [1.82, 2.24) is 14.6 Å². The minimum Gasteiger partial charge on any atom is -0.402 e. The largest absolute Gasteiger partial charge is 0.530 e. The van der Waals surface area contributed by atoms with Gasteiger partial charge in [0.15, 0.2) is 11.6 Å². The van der Waals surface area contributed by atoms with Crippen LogP contribution < -0.4 is 10.3 Å². The minimum absolute atomic E-state index is 0.0201. The van der Waals surface area contributed by atoms with Crippen LogP contribution in [0.3, 0.4) is 0 Å². The van der Waals surface area contributed by atoms with Crippen molar-refractivity contribution in [2.24, 2.45) is 0 Å². The van der Waals surface area contributed by atoms with Gasteiger partial charge in [0.25, 0.3) is 0 Å². The molecule has 328 valence electrons. The van der Waals surface area contributed by atoms with E-state index in [-0.39, 0.29) is 35.4 Å². The second-order valence-corrected chi connectivity index (χ2v) is 18.0. The molecule has 61 heavy (non-hydrogen) atoms. The van der Waals surface area contributed by atoms with Gasteiger partial charge in [0.1, 0.15) is 54.4 Å². The summed E-state index contributed by atoms with van der Waals surface area (Å²) in [5, 5.41) is 24.7. The molecule has 2 aromatic heterocycles. The molecule has 1 unspecified atom stereocenters. The quantitative estimate of drug-likeness (QED) is 0.0518. The van der Waals surface area contributed by atoms with Crippen molar-refractivity contribution in [3.05, 3.63) is 88.6 Å². The summed E-state index contributed by atoms with van der Waals surface area (Å²) in [6, 6.07) is 18.1. The summed E-state index contributed by atoms with van der Waals surface area (Å²) in [6.45, 7) is 4.72. The highest BCUT2D eigenvalue weighted by molar-refractivity contribution is 7.49. The van der Waals surface area contributed by atoms with Gasteiger partial charge in [-0.15, -0.1) is 0 Å². The van der Waals surface area contributed by atoms with Gasteiger partial charge in [-0.3, -0.25) is 9.05 Å². The number of phosphoric ester groups is 1. The van der Waals surface area contributed by atoms with Crippen LogP contribution >= 0.6 is 19.4 Å². The highest BCUT2D eigenvalue weighted by Crippen LogP contribution is 2.55. The number of fused-ring (bicyclic) bond motifs is 2. The molecule has 2 aliphatic heterocycles. The third-order valence-corrected chi connectivity index (χ3v) is 12.5. The van der Waals surface area contributed by atoms with Gasteiger partial charge >= 0.3 is 7.82 Å². The molecule has 4 heterocycles. The number of nitrogens with zero attached hydrogens (tertiary/aromatic N) is 5. The number of nitriles is 2. The molecule has 0 bridgehead atoms. The molecule has 0 spiro atoms. The first kappa shape index (κ1) is 46.4. The first-order valence-corrected chi connectivity index (χ1v) is 22.9. The van der Waals surface area contributed by atoms with Crippen LogP contribution in [0.15, 0.2) is 60.9 Å². The van der Waals surface area contributed by atoms with Crippen molar-refractivity contribution in [1.29, 1.82) is 10.5 Å². The number of para-hydroxylation sites is 1. The molecular weight excluding hydrogens is 826 g/mol. The molecule has 0 radical (unpaired) electrons. The highest BCUT2D eigenvalue weighted by Gasteiger charge is 2.65. The summed E-state index contributed by atoms with van der Waals surface area (Å²) in [6.07, 6.45) is 11.1. The van der Waals surface area contributed by atoms with Gasteiger partial charge in [0.05, 0.1) is 41.7 Å². The number of phosphoric acid groups is 1. The van der Waals surface area contributed by atoms with E-state index in [0.29, 0.717) is 23.2 Å². The van der Waals surface area contributed by atoms with Crippen LogP contribution in [0.1, 0.15) is 121 Å². The Morgan fingerprint density at radius 3 is 2.39 bits per heavy atom. The monoisotopic (exact) mass is 880 g/mol. The topological polar surface area (TPSA) is 185 Å². The van der Waals surface area contributed by atoms with Crippen molar-refractivity contribution in [3.8, 4) is 17.9 Å². The third kappa shape index (κ3) is 12.1. The second-order valence-electron chi connectivity index (χ2n) is 16.0. The first-order chi connectivity index (χ1) is 29.4. The predicted octanol–water partition coefficient (Wildman–Crippen LogP) is 10.3. The van der Waals surface area contributed by atoms with Crippen molar-refractivity contribution in [2.75, 3.05) is 18.9 Å². The second kappa shape index (κ2) is 21.3. The number of hydrogen-bond donors (Lipinski definition) is 1. The lowest BCUT2D eigenvalue weighted by atomic mass is 9.96. The summed E-state index contributed by atoms with van der Waals surface area (Å²) in [5.74, 6) is -1.41. The lowest BCUT2D eigenvalue weighted by Crippen LogP contribution is -2.46. The molecule has 2 saturated heterocycles. The Hall–Kier alpha value is -4.15. The SMILES string of the molecule is CCCCCCCCCCCCC[C@@H](COP(=O)(OC[C@@]1(C#N)O[C@@H](c2ccc3c(N)ncnn23)[C@@H]2OC(C)(C)O[C@@H]21)Oc1ccccc1Cl)OCc1cc(F)cc(C#N)c1. The van der Waals surface area contributed by atoms with Crippen molar-refractivity contribution < 1.29 is 41.5 Å². The van der Waals surface area contributed by atoms with E-state index in [1.54, 1.807) is 54.8 Å². The molecule has 2 fully saturated rings. The Kier molecular flexibility index (Phi) is 16.2. The van der Waals surface area contributed by atoms with Gasteiger partial charge < -0.3 is 29.2 Å². The van der Waals surface area contributed by atoms with Crippen molar-refractivity contribution in [3.63, 3.8) is 0 Å². The zero-order valence-corrected chi connectivity index (χ0v) is 36.6. The van der Waals surface area contributed by atoms with Crippen LogP contribution in [0, 0.1) is 28.5 Å². The van der Waals surface area contributed by atoms with Gasteiger partial charge in [-0.05, 0) is 68.3 Å². The lowest BCUT2D eigenvalue weighted by molar-refractivity contribution is -0.204. The number of anilines is 1. The van der Waals surface area contributed by atoms with Crippen molar-refractivity contribution in [2.45, 2.75) is 140 Å². The van der Waals surface area contributed by atoms with E-state index in [1.165, 1.54) is 63.4 Å². The van der Waals surface area contributed by atoms with Crippen molar-refractivity contribution >= 4 is 30.8 Å². The fourth-order valence-electron chi connectivity index (χ4n) is 7.73. The van der Waals surface area contributed by atoms with E-state index < -0.39 is 56.1 Å². The summed E-state index contributed by atoms with van der Waals surface area (Å²) in [5.41, 5.74) is 5.90. The normalized spacial score (nSPS) is 22.0. The molecule has 2 aliphatic rings. The molecule has 0 amide bonds. The maximum absolute atomic E-state index is 14.8. The Bertz CT molecular complexity index is 2220. The summed E-state index contributed by atoms with van der Waals surface area (Å²) in [7, 11) is -4.65. The molecule has 2 N–H and O–H groups in total. The van der Waals surface area contributed by atoms with Crippen LogP contribution in [0.25, 0.3) is 5.52 Å². The van der Waals surface area contributed by atoms with Crippen LogP contribution in [-0.2, 0) is 39.2 Å². The van der Waals surface area contributed by atoms with Crippen LogP contribution in [0.2, 0.25) is 5.02 Å². The molecule has 14 nitrogen and oxygen atoms in total. The Labute approximate surface area is 361 Å². The Morgan fingerprint density at radius 1 is 0.967 bits per heavy atom. The van der Waals surface area contributed by atoms with Crippen LogP contribution in [0.4, 0.5) is 10.2 Å². The number of rotatable bonds is 24. The molecule has 0 aliphatic carbocycles. The maximum Gasteiger partial charge on any atom is 0.530 e. The number of ether oxygens (including phenoxy) is 4. The smallest absolute Gasteiger partial charge is 0.402 e. The molecule has 0 saturated carbocycles. The van der Waals surface area contributed by atoms with E-state index in [0.717, 1.165) is 31.7 Å². The van der Waals surface area contributed by atoms with E-state index in [2.05, 4.69) is 23.1 Å². The zero-order chi connectivity index (χ0) is 43.5. The van der Waals surface area contributed by atoms with Gasteiger partial charge in [-0.1, -0.05) is 101 Å². The van der Waals surface area contributed by atoms with E-state index in [1.807, 2.05) is 6.07 Å². The average molecular weight is 881 g/mol. The van der Waals surface area contributed by atoms with E-state index in [9.17, 15) is 19.5 Å². The molecule has 6 atom stereocenters. The predicted molar refractivity (Wildman–Crippen MR) is 226 cm³/mol. The Balaban J connectivity index is 1.18. The summed E-state index contributed by atoms with van der Waals surface area (Å²) in [4.78, 5) is 4.06. The molecule has 4 aromatic rings. The standard InChI is InChI=1S/C44H55ClFN6O8P/c1-4-5-6-7-8-9-10-11-12-13-14-17-34(54-26-32-22-31(25-47)23-33(46)24-32)27-55-61(53,60-38-19-16-15-18-35(38)45)56-29-44(28-48)41-40(57-43(2,3)59-41)39(58-44)36-20-21-37-42(49)50-30-51-52(36)37/h15-16,18-24,30,34,39-41H,4-14,17,26-27,29H2,1-3H3,(H2,49,50,51)/t34-,39-,40-,41-,44+,61?/m0/s1. The van der Waals surface area contributed by atoms with Gasteiger partial charge in [0, 0.05) is 0 Å². The van der Waals surface area contributed by atoms with E-state index in [4.69, 9.17) is 49.9 Å². The maximum atomic E-state index is 14.8. The number of aromatic nitrogens is 3.